The highest BCUT2D eigenvalue weighted by Gasteiger charge is 2.28. The van der Waals surface area contributed by atoms with Crippen molar-refractivity contribution in [2.45, 2.75) is 31.3 Å². The second-order valence-corrected chi connectivity index (χ2v) is 8.12. The number of hydrogen-bond donors (Lipinski definition) is 2. The minimum Gasteiger partial charge on any atom is -0.497 e. The van der Waals surface area contributed by atoms with Gasteiger partial charge in [-0.3, -0.25) is 4.79 Å². The van der Waals surface area contributed by atoms with Gasteiger partial charge < -0.3 is 14.8 Å². The Labute approximate surface area is 165 Å². The molecule has 0 aliphatic heterocycles. The monoisotopic (exact) mass is 407 g/mol. The van der Waals surface area contributed by atoms with Crippen LogP contribution in [0.5, 0.6) is 11.6 Å². The van der Waals surface area contributed by atoms with Gasteiger partial charge in [0.1, 0.15) is 11.8 Å². The highest BCUT2D eigenvalue weighted by atomic mass is 32.2. The molecule has 0 aliphatic carbocycles. The van der Waals surface area contributed by atoms with Gasteiger partial charge in [-0.05, 0) is 36.2 Å². The maximum atomic E-state index is 12.7. The molecule has 1 atom stereocenters. The maximum absolute atomic E-state index is 12.7. The van der Waals surface area contributed by atoms with E-state index >= 15 is 0 Å². The molecule has 28 heavy (non-hydrogen) atoms. The van der Waals surface area contributed by atoms with E-state index in [1.807, 2.05) is 0 Å². The van der Waals surface area contributed by atoms with E-state index in [9.17, 15) is 13.2 Å². The van der Waals surface area contributed by atoms with Crippen LogP contribution < -0.4 is 19.5 Å². The molecule has 0 aliphatic rings. The zero-order valence-electron chi connectivity index (χ0n) is 16.3. The molecule has 1 amide bonds. The van der Waals surface area contributed by atoms with Crippen LogP contribution in [-0.4, -0.2) is 39.6 Å². The zero-order valence-corrected chi connectivity index (χ0v) is 17.1. The standard InChI is InChI=1S/C19H25N3O5S/c1-13(2)17(18(23)21-12-14-6-5-11-20-19(14)27-4)22-28(24,25)16-9-7-15(26-3)8-10-16/h5-11,13,17,22H,12H2,1-4H3,(H,21,23)/t17-/m0/s1. The molecule has 0 fully saturated rings. The number of nitrogens with zero attached hydrogens (tertiary/aromatic N) is 1. The van der Waals surface area contributed by atoms with Crippen LogP contribution >= 0.6 is 0 Å². The van der Waals surface area contributed by atoms with E-state index in [1.165, 1.54) is 26.4 Å². The van der Waals surface area contributed by atoms with Gasteiger partial charge in [-0.1, -0.05) is 19.9 Å². The predicted octanol–water partition coefficient (Wildman–Crippen LogP) is 1.72. The van der Waals surface area contributed by atoms with Crippen molar-refractivity contribution in [1.82, 2.24) is 15.0 Å². The lowest BCUT2D eigenvalue weighted by atomic mass is 10.0. The van der Waals surface area contributed by atoms with Crippen molar-refractivity contribution < 1.29 is 22.7 Å². The Hall–Kier alpha value is -2.65. The van der Waals surface area contributed by atoms with Gasteiger partial charge in [0.15, 0.2) is 0 Å². The zero-order chi connectivity index (χ0) is 20.7. The third-order valence-corrected chi connectivity index (χ3v) is 5.55. The van der Waals surface area contributed by atoms with Gasteiger partial charge in [-0.2, -0.15) is 4.72 Å². The molecule has 1 aromatic carbocycles. The first-order valence-corrected chi connectivity index (χ1v) is 10.2. The van der Waals surface area contributed by atoms with Crippen LogP contribution in [-0.2, 0) is 21.4 Å². The van der Waals surface area contributed by atoms with Gasteiger partial charge in [0, 0.05) is 18.3 Å². The number of carbonyl (C=O) groups is 1. The Morgan fingerprint density at radius 3 is 2.36 bits per heavy atom. The lowest BCUT2D eigenvalue weighted by molar-refractivity contribution is -0.123. The highest BCUT2D eigenvalue weighted by Crippen LogP contribution is 2.17. The van der Waals surface area contributed by atoms with Gasteiger partial charge in [-0.15, -0.1) is 0 Å². The molecular weight excluding hydrogens is 382 g/mol. The molecule has 1 aromatic heterocycles. The van der Waals surface area contributed by atoms with E-state index in [4.69, 9.17) is 9.47 Å². The van der Waals surface area contributed by atoms with E-state index in [0.29, 0.717) is 17.2 Å². The largest absolute Gasteiger partial charge is 0.497 e. The summed E-state index contributed by atoms with van der Waals surface area (Å²) in [5.41, 5.74) is 0.693. The third kappa shape index (κ3) is 5.43. The van der Waals surface area contributed by atoms with Crippen LogP contribution in [0.2, 0.25) is 0 Å². The summed E-state index contributed by atoms with van der Waals surface area (Å²) in [4.78, 5) is 16.8. The summed E-state index contributed by atoms with van der Waals surface area (Å²) < 4.78 is 38.0. The number of benzene rings is 1. The highest BCUT2D eigenvalue weighted by molar-refractivity contribution is 7.89. The number of methoxy groups -OCH3 is 2. The molecule has 0 saturated heterocycles. The lowest BCUT2D eigenvalue weighted by Crippen LogP contribution is -2.49. The van der Waals surface area contributed by atoms with Gasteiger partial charge in [0.2, 0.25) is 21.8 Å². The average Bonchev–Trinajstić information content (AvgIpc) is 2.70. The Balaban J connectivity index is 2.11. The molecule has 0 spiro atoms. The molecule has 2 N–H and O–H groups in total. The van der Waals surface area contributed by atoms with Crippen molar-refractivity contribution in [2.24, 2.45) is 5.92 Å². The summed E-state index contributed by atoms with van der Waals surface area (Å²) in [6.07, 6.45) is 1.59. The number of carbonyl (C=O) groups excluding carboxylic acids is 1. The van der Waals surface area contributed by atoms with Crippen molar-refractivity contribution in [1.29, 1.82) is 0 Å². The Morgan fingerprint density at radius 1 is 1.11 bits per heavy atom. The summed E-state index contributed by atoms with van der Waals surface area (Å²) in [6, 6.07) is 8.53. The molecule has 2 rings (SSSR count). The molecule has 2 aromatic rings. The quantitative estimate of drug-likeness (QED) is 0.656. The number of sulfonamides is 1. The smallest absolute Gasteiger partial charge is 0.241 e. The summed E-state index contributed by atoms with van der Waals surface area (Å²) in [6.45, 7) is 3.71. The van der Waals surface area contributed by atoms with E-state index in [2.05, 4.69) is 15.0 Å². The first-order chi connectivity index (χ1) is 13.3. The number of aromatic nitrogens is 1. The van der Waals surface area contributed by atoms with Gasteiger partial charge >= 0.3 is 0 Å². The van der Waals surface area contributed by atoms with Gasteiger partial charge in [-0.25, -0.2) is 13.4 Å². The predicted molar refractivity (Wildman–Crippen MR) is 105 cm³/mol. The molecule has 152 valence electrons. The Morgan fingerprint density at radius 2 is 1.79 bits per heavy atom. The fraction of sp³-hybridized carbons (Fsp3) is 0.368. The van der Waals surface area contributed by atoms with Crippen molar-refractivity contribution in [3.63, 3.8) is 0 Å². The Kier molecular flexibility index (Phi) is 7.36. The molecule has 0 unspecified atom stereocenters. The lowest BCUT2D eigenvalue weighted by Gasteiger charge is -2.22. The van der Waals surface area contributed by atoms with Crippen LogP contribution in [0.3, 0.4) is 0 Å². The van der Waals surface area contributed by atoms with Crippen LogP contribution in [0.25, 0.3) is 0 Å². The molecular formula is C19H25N3O5S. The average molecular weight is 407 g/mol. The first-order valence-electron chi connectivity index (χ1n) is 8.70. The van der Waals surface area contributed by atoms with E-state index in [1.54, 1.807) is 44.3 Å². The Bertz CT molecular complexity index is 898. The van der Waals surface area contributed by atoms with Crippen LogP contribution in [0.4, 0.5) is 0 Å². The summed E-state index contributed by atoms with van der Waals surface area (Å²) in [5.74, 6) is 0.257. The van der Waals surface area contributed by atoms with Gasteiger partial charge in [0.25, 0.3) is 0 Å². The number of amides is 1. The molecule has 0 radical (unpaired) electrons. The summed E-state index contributed by atoms with van der Waals surface area (Å²) in [5, 5.41) is 2.74. The van der Waals surface area contributed by atoms with Crippen LogP contribution in [0.1, 0.15) is 19.4 Å². The van der Waals surface area contributed by atoms with E-state index < -0.39 is 22.0 Å². The minimum atomic E-state index is -3.87. The van der Waals surface area contributed by atoms with Crippen LogP contribution in [0.15, 0.2) is 47.5 Å². The third-order valence-electron chi connectivity index (χ3n) is 4.10. The van der Waals surface area contributed by atoms with Crippen molar-refractivity contribution in [2.75, 3.05) is 14.2 Å². The van der Waals surface area contributed by atoms with Crippen molar-refractivity contribution in [3.8, 4) is 11.6 Å². The number of ether oxygens (including phenoxy) is 2. The first kappa shape index (κ1) is 21.6. The maximum Gasteiger partial charge on any atom is 0.241 e. The summed E-state index contributed by atoms with van der Waals surface area (Å²) in [7, 11) is -0.882. The minimum absolute atomic E-state index is 0.0562. The van der Waals surface area contributed by atoms with Crippen molar-refractivity contribution >= 4 is 15.9 Å². The molecule has 8 nitrogen and oxygen atoms in total. The fourth-order valence-electron chi connectivity index (χ4n) is 2.52. The molecule has 0 bridgehead atoms. The molecule has 1 heterocycles. The molecule has 0 saturated carbocycles. The van der Waals surface area contributed by atoms with Gasteiger partial charge in [0.05, 0.1) is 19.1 Å². The molecule has 9 heteroatoms. The SMILES string of the molecule is COc1ccc(S(=O)(=O)N[C@H](C(=O)NCc2cccnc2OC)C(C)C)cc1. The van der Waals surface area contributed by atoms with Crippen LogP contribution in [0, 0.1) is 5.92 Å². The van der Waals surface area contributed by atoms with E-state index in [0.717, 1.165) is 0 Å². The topological polar surface area (TPSA) is 107 Å². The number of hydrogen-bond acceptors (Lipinski definition) is 6. The number of pyridine rings is 1. The summed E-state index contributed by atoms with van der Waals surface area (Å²) >= 11 is 0. The van der Waals surface area contributed by atoms with E-state index in [-0.39, 0.29) is 17.4 Å². The number of rotatable bonds is 9. The number of nitrogens with one attached hydrogen (secondary N) is 2. The second-order valence-electron chi connectivity index (χ2n) is 6.41. The second kappa shape index (κ2) is 9.52. The normalized spacial score (nSPS) is 12.5. The fourth-order valence-corrected chi connectivity index (χ4v) is 3.86. The van der Waals surface area contributed by atoms with Crippen molar-refractivity contribution in [3.05, 3.63) is 48.2 Å².